The third-order valence-corrected chi connectivity index (χ3v) is 6.00. The summed E-state index contributed by atoms with van der Waals surface area (Å²) in [6.07, 6.45) is 1.06. The first-order valence-electron chi connectivity index (χ1n) is 7.54. The molecule has 1 heterocycles. The van der Waals surface area contributed by atoms with Gasteiger partial charge in [-0.2, -0.15) is 12.7 Å². The van der Waals surface area contributed by atoms with Crippen LogP contribution in [-0.4, -0.2) is 50.5 Å². The Morgan fingerprint density at radius 2 is 2.04 bits per heavy atom. The number of rotatable bonds is 6. The molecule has 1 aromatic carbocycles. The molecule has 1 N–H and O–H groups in total. The van der Waals surface area contributed by atoms with E-state index in [1.54, 1.807) is 38.3 Å². The zero-order chi connectivity index (χ0) is 17.0. The van der Waals surface area contributed by atoms with E-state index in [1.165, 1.54) is 8.61 Å². The molecule has 1 aliphatic rings. The largest absolute Gasteiger partial charge is 0.497 e. The Morgan fingerprint density at radius 1 is 1.39 bits per heavy atom. The summed E-state index contributed by atoms with van der Waals surface area (Å²) in [4.78, 5) is 11.2. The van der Waals surface area contributed by atoms with Gasteiger partial charge >= 0.3 is 16.2 Å². The summed E-state index contributed by atoms with van der Waals surface area (Å²) in [5.41, 5.74) is 0.533. The lowest BCUT2D eigenvalue weighted by molar-refractivity contribution is -0.142. The van der Waals surface area contributed by atoms with E-state index in [0.29, 0.717) is 30.8 Å². The first-order chi connectivity index (χ1) is 10.9. The maximum absolute atomic E-state index is 12.9. The summed E-state index contributed by atoms with van der Waals surface area (Å²) in [5.74, 6) is -0.948. The normalized spacial score (nSPS) is 19.3. The van der Waals surface area contributed by atoms with Crippen LogP contribution in [0.2, 0.25) is 0 Å². The van der Waals surface area contributed by atoms with Gasteiger partial charge in [-0.25, -0.2) is 0 Å². The molecule has 1 atom stereocenters. The summed E-state index contributed by atoms with van der Waals surface area (Å²) < 4.78 is 33.4. The molecule has 23 heavy (non-hydrogen) atoms. The highest BCUT2D eigenvalue weighted by Gasteiger charge is 2.35. The Bertz CT molecular complexity index is 644. The van der Waals surface area contributed by atoms with Gasteiger partial charge in [0.25, 0.3) is 0 Å². The minimum absolute atomic E-state index is 0.0182. The molecule has 0 radical (unpaired) electrons. The second kappa shape index (κ2) is 7.18. The maximum atomic E-state index is 12.9. The number of carboxylic acid groups (broad SMARTS) is 1. The van der Waals surface area contributed by atoms with Gasteiger partial charge in [-0.1, -0.05) is 0 Å². The number of ether oxygens (including phenoxy) is 1. The highest BCUT2D eigenvalue weighted by atomic mass is 32.2. The molecular weight excluding hydrogens is 320 g/mol. The van der Waals surface area contributed by atoms with E-state index in [4.69, 9.17) is 9.84 Å². The van der Waals surface area contributed by atoms with Crippen molar-refractivity contribution in [2.45, 2.75) is 19.8 Å². The van der Waals surface area contributed by atoms with Crippen molar-refractivity contribution in [1.29, 1.82) is 0 Å². The van der Waals surface area contributed by atoms with E-state index in [1.807, 2.05) is 0 Å². The lowest BCUT2D eigenvalue weighted by Crippen LogP contribution is -2.49. The molecule has 128 valence electrons. The monoisotopic (exact) mass is 342 g/mol. The molecule has 0 spiro atoms. The van der Waals surface area contributed by atoms with E-state index >= 15 is 0 Å². The van der Waals surface area contributed by atoms with Crippen LogP contribution < -0.4 is 9.04 Å². The molecule has 8 heteroatoms. The number of methoxy groups -OCH3 is 1. The van der Waals surface area contributed by atoms with Crippen LogP contribution >= 0.6 is 0 Å². The topological polar surface area (TPSA) is 87.2 Å². The first kappa shape index (κ1) is 17.6. The van der Waals surface area contributed by atoms with E-state index in [9.17, 15) is 13.2 Å². The zero-order valence-electron chi connectivity index (χ0n) is 13.3. The van der Waals surface area contributed by atoms with Gasteiger partial charge in [0.05, 0.1) is 18.7 Å². The third kappa shape index (κ3) is 3.76. The van der Waals surface area contributed by atoms with Crippen LogP contribution in [0.25, 0.3) is 0 Å². The molecule has 1 fully saturated rings. The van der Waals surface area contributed by atoms with Gasteiger partial charge < -0.3 is 9.84 Å². The average Bonchev–Trinajstić information content (AvgIpc) is 2.56. The van der Waals surface area contributed by atoms with E-state index < -0.39 is 22.1 Å². The molecule has 2 rings (SSSR count). The van der Waals surface area contributed by atoms with Gasteiger partial charge in [-0.3, -0.25) is 9.10 Å². The smallest absolute Gasteiger partial charge is 0.307 e. The summed E-state index contributed by atoms with van der Waals surface area (Å²) in [6.45, 7) is 2.38. The average molecular weight is 342 g/mol. The van der Waals surface area contributed by atoms with Crippen molar-refractivity contribution in [2.75, 3.05) is 31.0 Å². The zero-order valence-corrected chi connectivity index (χ0v) is 14.1. The van der Waals surface area contributed by atoms with Crippen LogP contribution in [0.5, 0.6) is 5.75 Å². The molecule has 1 aliphatic heterocycles. The van der Waals surface area contributed by atoms with Crippen LogP contribution in [0, 0.1) is 5.92 Å². The van der Waals surface area contributed by atoms with Crippen molar-refractivity contribution in [3.8, 4) is 5.75 Å². The summed E-state index contributed by atoms with van der Waals surface area (Å²) in [6, 6.07) is 6.75. The van der Waals surface area contributed by atoms with Gasteiger partial charge in [-0.15, -0.1) is 0 Å². The van der Waals surface area contributed by atoms with Crippen molar-refractivity contribution in [2.24, 2.45) is 5.92 Å². The number of carboxylic acids is 1. The Morgan fingerprint density at radius 3 is 2.57 bits per heavy atom. The Balaban J connectivity index is 2.25. The van der Waals surface area contributed by atoms with E-state index in [-0.39, 0.29) is 13.1 Å². The Kier molecular flexibility index (Phi) is 5.48. The minimum Gasteiger partial charge on any atom is -0.497 e. The van der Waals surface area contributed by atoms with Gasteiger partial charge in [0.1, 0.15) is 5.75 Å². The molecule has 0 aliphatic carbocycles. The van der Waals surface area contributed by atoms with Crippen molar-refractivity contribution < 1.29 is 23.1 Å². The summed E-state index contributed by atoms with van der Waals surface area (Å²) in [5, 5.41) is 9.14. The number of piperidine rings is 1. The molecule has 0 bridgehead atoms. The maximum Gasteiger partial charge on any atom is 0.307 e. The number of carbonyl (C=O) groups is 1. The third-order valence-electron chi connectivity index (χ3n) is 3.99. The summed E-state index contributed by atoms with van der Waals surface area (Å²) >= 11 is 0. The quantitative estimate of drug-likeness (QED) is 0.848. The number of aliphatic carboxylic acids is 1. The fourth-order valence-corrected chi connectivity index (χ4v) is 4.44. The lowest BCUT2D eigenvalue weighted by atomic mass is 10.0. The minimum atomic E-state index is -3.75. The van der Waals surface area contributed by atoms with Gasteiger partial charge in [-0.05, 0) is 44.0 Å². The molecular formula is C15H22N2O5S. The van der Waals surface area contributed by atoms with Crippen molar-refractivity contribution in [3.05, 3.63) is 24.3 Å². The predicted octanol–water partition coefficient (Wildman–Crippen LogP) is 1.56. The molecule has 1 aromatic rings. The molecule has 1 unspecified atom stereocenters. The molecule has 7 nitrogen and oxygen atoms in total. The highest BCUT2D eigenvalue weighted by Crippen LogP contribution is 2.26. The number of nitrogens with zero attached hydrogens (tertiary/aromatic N) is 2. The van der Waals surface area contributed by atoms with Crippen LogP contribution in [0.3, 0.4) is 0 Å². The van der Waals surface area contributed by atoms with Crippen molar-refractivity contribution in [1.82, 2.24) is 4.31 Å². The van der Waals surface area contributed by atoms with Crippen LogP contribution in [0.15, 0.2) is 24.3 Å². The van der Waals surface area contributed by atoms with Gasteiger partial charge in [0.2, 0.25) is 0 Å². The SMILES string of the molecule is CCN(c1ccc(OC)cc1)S(=O)(=O)N1CCCC(C(=O)O)C1. The molecule has 1 saturated heterocycles. The van der Waals surface area contributed by atoms with E-state index in [2.05, 4.69) is 0 Å². The first-order valence-corrected chi connectivity index (χ1v) is 8.94. The van der Waals surface area contributed by atoms with Crippen LogP contribution in [0.4, 0.5) is 5.69 Å². The summed E-state index contributed by atoms with van der Waals surface area (Å²) in [7, 11) is -2.21. The number of anilines is 1. The van der Waals surface area contributed by atoms with Crippen molar-refractivity contribution >= 4 is 21.9 Å². The standard InChI is InChI=1S/C15H22N2O5S/c1-3-17(13-6-8-14(22-2)9-7-13)23(20,21)16-10-4-5-12(11-16)15(18)19/h6-9,12H,3-5,10-11H2,1-2H3,(H,18,19). The number of hydrogen-bond donors (Lipinski definition) is 1. The van der Waals surface area contributed by atoms with Crippen LogP contribution in [0.1, 0.15) is 19.8 Å². The Labute approximate surface area is 136 Å². The lowest BCUT2D eigenvalue weighted by Gasteiger charge is -2.34. The molecule has 0 amide bonds. The Hall–Kier alpha value is -1.80. The van der Waals surface area contributed by atoms with Crippen molar-refractivity contribution in [3.63, 3.8) is 0 Å². The predicted molar refractivity (Wildman–Crippen MR) is 86.9 cm³/mol. The fourth-order valence-electron chi connectivity index (χ4n) is 2.72. The number of hydrogen-bond acceptors (Lipinski definition) is 4. The fraction of sp³-hybridized carbons (Fsp3) is 0.533. The molecule has 0 aromatic heterocycles. The van der Waals surface area contributed by atoms with Gasteiger partial charge in [0, 0.05) is 19.6 Å². The second-order valence-electron chi connectivity index (χ2n) is 5.41. The van der Waals surface area contributed by atoms with Crippen LogP contribution in [-0.2, 0) is 15.0 Å². The van der Waals surface area contributed by atoms with Gasteiger partial charge in [0.15, 0.2) is 0 Å². The highest BCUT2D eigenvalue weighted by molar-refractivity contribution is 7.90. The van der Waals surface area contributed by atoms with E-state index in [0.717, 1.165) is 0 Å². The second-order valence-corrected chi connectivity index (χ2v) is 7.26. The number of benzene rings is 1. The molecule has 0 saturated carbocycles.